The van der Waals surface area contributed by atoms with Crippen molar-refractivity contribution in [1.82, 2.24) is 9.97 Å². The second-order valence-electron chi connectivity index (χ2n) is 6.67. The number of hydrogen-bond donors (Lipinski definition) is 1. The van der Waals surface area contributed by atoms with Crippen molar-refractivity contribution >= 4 is 0 Å². The lowest BCUT2D eigenvalue weighted by Gasteiger charge is -2.26. The van der Waals surface area contributed by atoms with Crippen molar-refractivity contribution in [2.24, 2.45) is 11.7 Å². The first kappa shape index (κ1) is 17.3. The quantitative estimate of drug-likeness (QED) is 0.882. The van der Waals surface area contributed by atoms with Crippen LogP contribution in [-0.2, 0) is 0 Å². The van der Waals surface area contributed by atoms with Gasteiger partial charge in [0.05, 0.1) is 5.69 Å². The number of nitrogens with two attached hydrogens (primary N) is 1. The van der Waals surface area contributed by atoms with Crippen molar-refractivity contribution in [3.05, 3.63) is 42.1 Å². The predicted octanol–water partition coefficient (Wildman–Crippen LogP) is 3.73. The number of rotatable bonds is 6. The minimum Gasteiger partial charge on any atom is -0.492 e. The van der Waals surface area contributed by atoms with Crippen molar-refractivity contribution in [1.29, 1.82) is 0 Å². The zero-order valence-electron chi connectivity index (χ0n) is 14.1. The molecule has 1 unspecified atom stereocenters. The number of hydrogen-bond acceptors (Lipinski definition) is 4. The fraction of sp³-hybridized carbons (Fsp3) is 0.444. The number of aromatic nitrogens is 2. The molecule has 1 heterocycles. The third-order valence-electron chi connectivity index (χ3n) is 3.44. The van der Waals surface area contributed by atoms with Gasteiger partial charge in [-0.25, -0.2) is 14.4 Å². The van der Waals surface area contributed by atoms with E-state index in [1.807, 2.05) is 6.92 Å². The van der Waals surface area contributed by atoms with Gasteiger partial charge in [0, 0.05) is 23.4 Å². The number of halogens is 1. The molecule has 4 nitrogen and oxygen atoms in total. The summed E-state index contributed by atoms with van der Waals surface area (Å²) in [6.45, 7) is 8.29. The molecule has 1 atom stereocenters. The van der Waals surface area contributed by atoms with Gasteiger partial charge in [0.15, 0.2) is 0 Å². The molecular weight excluding hydrogens is 293 g/mol. The Bertz CT molecular complexity index is 671. The summed E-state index contributed by atoms with van der Waals surface area (Å²) in [5.74, 6) is 1.18. The smallest absolute Gasteiger partial charge is 0.136 e. The van der Waals surface area contributed by atoms with Gasteiger partial charge in [0.1, 0.15) is 24.0 Å². The lowest BCUT2D eigenvalue weighted by atomic mass is 9.93. The molecule has 124 valence electrons. The fourth-order valence-corrected chi connectivity index (χ4v) is 2.64. The molecule has 1 aromatic carbocycles. The summed E-state index contributed by atoms with van der Waals surface area (Å²) in [5, 5.41) is 0. The summed E-state index contributed by atoms with van der Waals surface area (Å²) in [4.78, 5) is 8.26. The first-order chi connectivity index (χ1) is 10.8. The number of benzene rings is 1. The first-order valence-corrected chi connectivity index (χ1v) is 7.78. The number of ether oxygens (including phenoxy) is 1. The third-order valence-corrected chi connectivity index (χ3v) is 3.44. The monoisotopic (exact) mass is 317 g/mol. The SMILES string of the molecule is Cc1nccc(-c2ccc(OCC(C)(N)CC(C)C)cc2F)n1. The second kappa shape index (κ2) is 7.04. The molecule has 0 fully saturated rings. The van der Waals surface area contributed by atoms with E-state index in [0.29, 0.717) is 35.4 Å². The van der Waals surface area contributed by atoms with Crippen molar-refractivity contribution in [2.75, 3.05) is 6.61 Å². The van der Waals surface area contributed by atoms with Crippen LogP contribution < -0.4 is 10.5 Å². The van der Waals surface area contributed by atoms with E-state index in [-0.39, 0.29) is 5.82 Å². The normalized spacial score (nSPS) is 13.9. The van der Waals surface area contributed by atoms with Gasteiger partial charge >= 0.3 is 0 Å². The molecule has 23 heavy (non-hydrogen) atoms. The molecule has 2 aromatic rings. The van der Waals surface area contributed by atoms with Crippen molar-refractivity contribution in [2.45, 2.75) is 39.7 Å². The molecule has 0 bridgehead atoms. The Morgan fingerprint density at radius 1 is 1.30 bits per heavy atom. The Balaban J connectivity index is 2.11. The maximum absolute atomic E-state index is 14.3. The Morgan fingerprint density at radius 3 is 2.65 bits per heavy atom. The van der Waals surface area contributed by atoms with E-state index in [1.165, 1.54) is 6.07 Å². The van der Waals surface area contributed by atoms with E-state index in [0.717, 1.165) is 6.42 Å². The Labute approximate surface area is 136 Å². The number of nitrogens with zero attached hydrogens (tertiary/aromatic N) is 2. The van der Waals surface area contributed by atoms with E-state index >= 15 is 0 Å². The van der Waals surface area contributed by atoms with Crippen LogP contribution in [0.2, 0.25) is 0 Å². The van der Waals surface area contributed by atoms with Gasteiger partial charge in [-0.2, -0.15) is 0 Å². The Kier molecular flexibility index (Phi) is 5.31. The van der Waals surface area contributed by atoms with E-state index < -0.39 is 5.54 Å². The highest BCUT2D eigenvalue weighted by molar-refractivity contribution is 5.60. The topological polar surface area (TPSA) is 61.0 Å². The summed E-state index contributed by atoms with van der Waals surface area (Å²) in [5.41, 5.74) is 6.76. The second-order valence-corrected chi connectivity index (χ2v) is 6.67. The molecule has 0 amide bonds. The predicted molar refractivity (Wildman–Crippen MR) is 89.7 cm³/mol. The highest BCUT2D eigenvalue weighted by atomic mass is 19.1. The van der Waals surface area contributed by atoms with Crippen molar-refractivity contribution in [3.8, 4) is 17.0 Å². The Morgan fingerprint density at radius 2 is 2.04 bits per heavy atom. The molecular formula is C18H24FN3O. The van der Waals surface area contributed by atoms with Crippen molar-refractivity contribution < 1.29 is 9.13 Å². The van der Waals surface area contributed by atoms with Crippen LogP contribution in [0.4, 0.5) is 4.39 Å². The average Bonchev–Trinajstić information content (AvgIpc) is 2.44. The summed E-state index contributed by atoms with van der Waals surface area (Å²) in [7, 11) is 0. The molecule has 1 aromatic heterocycles. The van der Waals surface area contributed by atoms with Crippen LogP contribution in [0.25, 0.3) is 11.3 Å². The van der Waals surface area contributed by atoms with Crippen LogP contribution in [0.1, 0.15) is 33.0 Å². The average molecular weight is 317 g/mol. The molecule has 5 heteroatoms. The van der Waals surface area contributed by atoms with Gasteiger partial charge < -0.3 is 10.5 Å². The van der Waals surface area contributed by atoms with Crippen LogP contribution in [0.5, 0.6) is 5.75 Å². The molecule has 2 N–H and O–H groups in total. The maximum Gasteiger partial charge on any atom is 0.136 e. The minimum atomic E-state index is -0.437. The molecule has 0 saturated carbocycles. The number of aryl methyl sites for hydroxylation is 1. The maximum atomic E-state index is 14.3. The van der Waals surface area contributed by atoms with Gasteiger partial charge in [0.2, 0.25) is 0 Å². The zero-order chi connectivity index (χ0) is 17.0. The summed E-state index contributed by atoms with van der Waals surface area (Å²) in [6.07, 6.45) is 2.46. The molecule has 0 radical (unpaired) electrons. The lowest BCUT2D eigenvalue weighted by molar-refractivity contribution is 0.206. The third kappa shape index (κ3) is 4.99. The van der Waals surface area contributed by atoms with Crippen LogP contribution >= 0.6 is 0 Å². The molecule has 2 rings (SSSR count). The summed E-state index contributed by atoms with van der Waals surface area (Å²) < 4.78 is 20.0. The van der Waals surface area contributed by atoms with Crippen LogP contribution in [0.15, 0.2) is 30.5 Å². The first-order valence-electron chi connectivity index (χ1n) is 7.78. The highest BCUT2D eigenvalue weighted by Crippen LogP contribution is 2.25. The molecule has 0 aliphatic rings. The largest absolute Gasteiger partial charge is 0.492 e. The van der Waals surface area contributed by atoms with Gasteiger partial charge in [-0.05, 0) is 44.4 Å². The van der Waals surface area contributed by atoms with E-state index in [1.54, 1.807) is 31.3 Å². The molecule has 0 aliphatic carbocycles. The fourth-order valence-electron chi connectivity index (χ4n) is 2.64. The Hall–Kier alpha value is -2.01. The standard InChI is InChI=1S/C18H24FN3O/c1-12(2)10-18(4,20)11-23-14-5-6-15(16(19)9-14)17-7-8-21-13(3)22-17/h5-9,12H,10-11,20H2,1-4H3. The molecule has 0 saturated heterocycles. The van der Waals surface area contributed by atoms with E-state index in [4.69, 9.17) is 10.5 Å². The minimum absolute atomic E-state index is 0.344. The van der Waals surface area contributed by atoms with Gasteiger partial charge in [-0.3, -0.25) is 0 Å². The van der Waals surface area contributed by atoms with E-state index in [2.05, 4.69) is 23.8 Å². The summed E-state index contributed by atoms with van der Waals surface area (Å²) in [6, 6.07) is 6.47. The molecule has 0 aliphatic heterocycles. The zero-order valence-corrected chi connectivity index (χ0v) is 14.1. The lowest BCUT2D eigenvalue weighted by Crippen LogP contribution is -2.43. The molecule has 0 spiro atoms. The van der Waals surface area contributed by atoms with Gasteiger partial charge in [-0.15, -0.1) is 0 Å². The van der Waals surface area contributed by atoms with Crippen LogP contribution in [0.3, 0.4) is 0 Å². The van der Waals surface area contributed by atoms with Gasteiger partial charge in [0.25, 0.3) is 0 Å². The van der Waals surface area contributed by atoms with Crippen LogP contribution in [-0.4, -0.2) is 22.1 Å². The van der Waals surface area contributed by atoms with Gasteiger partial charge in [-0.1, -0.05) is 13.8 Å². The van der Waals surface area contributed by atoms with E-state index in [9.17, 15) is 4.39 Å². The highest BCUT2D eigenvalue weighted by Gasteiger charge is 2.21. The van der Waals surface area contributed by atoms with Crippen LogP contribution in [0, 0.1) is 18.7 Å². The summed E-state index contributed by atoms with van der Waals surface area (Å²) >= 11 is 0. The van der Waals surface area contributed by atoms with Crippen molar-refractivity contribution in [3.63, 3.8) is 0 Å².